The Labute approximate surface area is 148 Å². The molecular weight excluding hydrogens is 347 g/mol. The number of para-hydroxylation sites is 1. The van der Waals surface area contributed by atoms with E-state index in [1.54, 1.807) is 0 Å². The zero-order valence-corrected chi connectivity index (χ0v) is 13.8. The molecule has 1 aromatic carbocycles. The van der Waals surface area contributed by atoms with Crippen LogP contribution in [0.2, 0.25) is 0 Å². The van der Waals surface area contributed by atoms with Gasteiger partial charge in [0.1, 0.15) is 5.69 Å². The van der Waals surface area contributed by atoms with Crippen molar-refractivity contribution in [3.8, 4) is 0 Å². The van der Waals surface area contributed by atoms with Crippen molar-refractivity contribution in [1.82, 2.24) is 10.3 Å². The van der Waals surface area contributed by atoms with Gasteiger partial charge in [-0.1, -0.05) is 12.1 Å². The largest absolute Gasteiger partial charge is 0.418 e. The number of benzene rings is 1. The predicted octanol–water partition coefficient (Wildman–Crippen LogP) is 3.75. The minimum Gasteiger partial charge on any atom is -0.376 e. The highest BCUT2D eigenvalue weighted by molar-refractivity contribution is 5.93. The van der Waals surface area contributed by atoms with Crippen LogP contribution in [-0.4, -0.2) is 30.1 Å². The summed E-state index contributed by atoms with van der Waals surface area (Å²) in [5.74, 6) is -0.395. The number of aromatic nitrogens is 1. The van der Waals surface area contributed by atoms with E-state index >= 15 is 0 Å². The van der Waals surface area contributed by atoms with Crippen molar-refractivity contribution in [2.75, 3.05) is 18.5 Å². The third-order valence-electron chi connectivity index (χ3n) is 4.02. The van der Waals surface area contributed by atoms with E-state index in [0.717, 1.165) is 18.9 Å². The van der Waals surface area contributed by atoms with Crippen molar-refractivity contribution >= 4 is 17.3 Å². The molecule has 5 nitrogen and oxygen atoms in total. The number of pyridine rings is 1. The first-order valence-corrected chi connectivity index (χ1v) is 8.22. The van der Waals surface area contributed by atoms with E-state index in [9.17, 15) is 18.0 Å². The fourth-order valence-corrected chi connectivity index (χ4v) is 2.73. The Hall–Kier alpha value is -2.61. The Bertz CT molecular complexity index is 774. The van der Waals surface area contributed by atoms with Gasteiger partial charge in [0, 0.05) is 25.0 Å². The number of amides is 1. The average Bonchev–Trinajstić information content (AvgIpc) is 3.13. The normalized spacial score (nSPS) is 17.1. The quantitative estimate of drug-likeness (QED) is 0.847. The molecule has 1 aliphatic rings. The van der Waals surface area contributed by atoms with Crippen molar-refractivity contribution in [3.63, 3.8) is 0 Å². The second-order valence-electron chi connectivity index (χ2n) is 5.94. The molecule has 138 valence electrons. The van der Waals surface area contributed by atoms with E-state index in [1.165, 1.54) is 36.5 Å². The van der Waals surface area contributed by atoms with Gasteiger partial charge in [-0.3, -0.25) is 9.78 Å². The maximum Gasteiger partial charge on any atom is 0.418 e. The molecule has 8 heteroatoms. The van der Waals surface area contributed by atoms with Gasteiger partial charge >= 0.3 is 6.18 Å². The lowest BCUT2D eigenvalue weighted by Crippen LogP contribution is -2.32. The Morgan fingerprint density at radius 1 is 1.27 bits per heavy atom. The Kier molecular flexibility index (Phi) is 5.41. The van der Waals surface area contributed by atoms with Crippen LogP contribution in [0.3, 0.4) is 0 Å². The molecule has 0 spiro atoms. The standard InChI is InChI=1S/C18H18F3N3O2/c19-18(20,21)14-5-1-2-6-15(14)24-12-7-8-22-16(10-12)17(25)23-11-13-4-3-9-26-13/h1-2,5-8,10,13H,3-4,9,11H2,(H,22,24)(H,23,25). The molecule has 0 radical (unpaired) electrons. The van der Waals surface area contributed by atoms with Crippen molar-refractivity contribution in [2.45, 2.75) is 25.1 Å². The first kappa shape index (κ1) is 18.2. The Balaban J connectivity index is 1.70. The van der Waals surface area contributed by atoms with Gasteiger partial charge in [0.05, 0.1) is 17.4 Å². The lowest BCUT2D eigenvalue weighted by Gasteiger charge is -2.15. The van der Waals surface area contributed by atoms with Crippen LogP contribution in [-0.2, 0) is 10.9 Å². The summed E-state index contributed by atoms with van der Waals surface area (Å²) < 4.78 is 44.7. The summed E-state index contributed by atoms with van der Waals surface area (Å²) in [4.78, 5) is 16.2. The number of hydrogen-bond acceptors (Lipinski definition) is 4. The summed E-state index contributed by atoms with van der Waals surface area (Å²) in [6.45, 7) is 1.08. The van der Waals surface area contributed by atoms with Crippen LogP contribution in [0.4, 0.5) is 24.5 Å². The van der Waals surface area contributed by atoms with Crippen molar-refractivity contribution < 1.29 is 22.7 Å². The minimum absolute atomic E-state index is 0.001000. The molecule has 2 aromatic rings. The van der Waals surface area contributed by atoms with Crippen LogP contribution in [0.5, 0.6) is 0 Å². The molecule has 1 amide bonds. The summed E-state index contributed by atoms with van der Waals surface area (Å²) in [6, 6.07) is 8.08. The van der Waals surface area contributed by atoms with Gasteiger partial charge in [0.2, 0.25) is 0 Å². The molecule has 1 atom stereocenters. The number of carbonyl (C=O) groups is 1. The molecule has 0 aliphatic carbocycles. The van der Waals surface area contributed by atoms with Gasteiger partial charge in [-0.15, -0.1) is 0 Å². The molecule has 1 saturated heterocycles. The lowest BCUT2D eigenvalue weighted by atomic mass is 10.1. The van der Waals surface area contributed by atoms with Gasteiger partial charge in [-0.2, -0.15) is 13.2 Å². The molecular formula is C18H18F3N3O2. The molecule has 3 rings (SSSR count). The van der Waals surface area contributed by atoms with Crippen LogP contribution >= 0.6 is 0 Å². The van der Waals surface area contributed by atoms with Crippen LogP contribution in [0.15, 0.2) is 42.6 Å². The first-order chi connectivity index (χ1) is 12.4. The van der Waals surface area contributed by atoms with E-state index < -0.39 is 17.6 Å². The number of halogens is 3. The predicted molar refractivity (Wildman–Crippen MR) is 90.3 cm³/mol. The second kappa shape index (κ2) is 7.74. The number of alkyl halides is 3. The van der Waals surface area contributed by atoms with Crippen LogP contribution in [0.25, 0.3) is 0 Å². The molecule has 26 heavy (non-hydrogen) atoms. The molecule has 0 bridgehead atoms. The average molecular weight is 365 g/mol. The molecule has 2 heterocycles. The number of nitrogens with zero attached hydrogens (tertiary/aromatic N) is 1. The van der Waals surface area contributed by atoms with E-state index in [4.69, 9.17) is 4.74 Å². The van der Waals surface area contributed by atoms with Gasteiger partial charge < -0.3 is 15.4 Å². The third kappa shape index (κ3) is 4.51. The summed E-state index contributed by atoms with van der Waals surface area (Å²) >= 11 is 0. The number of nitrogens with one attached hydrogen (secondary N) is 2. The van der Waals surface area contributed by atoms with E-state index in [0.29, 0.717) is 18.8 Å². The molecule has 1 fully saturated rings. The molecule has 1 aromatic heterocycles. The monoisotopic (exact) mass is 365 g/mol. The lowest BCUT2D eigenvalue weighted by molar-refractivity contribution is -0.136. The summed E-state index contributed by atoms with van der Waals surface area (Å²) in [7, 11) is 0. The van der Waals surface area contributed by atoms with Gasteiger partial charge in [-0.25, -0.2) is 0 Å². The maximum atomic E-state index is 13.1. The minimum atomic E-state index is -4.47. The maximum absolute atomic E-state index is 13.1. The highest BCUT2D eigenvalue weighted by Crippen LogP contribution is 2.35. The summed E-state index contributed by atoms with van der Waals surface area (Å²) in [5.41, 5.74) is -0.394. The number of hydrogen-bond donors (Lipinski definition) is 2. The Morgan fingerprint density at radius 2 is 2.08 bits per heavy atom. The van der Waals surface area contributed by atoms with Crippen LogP contribution in [0.1, 0.15) is 28.9 Å². The van der Waals surface area contributed by atoms with Gasteiger partial charge in [0.25, 0.3) is 5.91 Å². The number of rotatable bonds is 5. The zero-order chi connectivity index (χ0) is 18.6. The number of ether oxygens (including phenoxy) is 1. The summed E-state index contributed by atoms with van der Waals surface area (Å²) in [6.07, 6.45) is -1.24. The van der Waals surface area contributed by atoms with Gasteiger partial charge in [0.15, 0.2) is 0 Å². The SMILES string of the molecule is O=C(NCC1CCCO1)c1cc(Nc2ccccc2C(F)(F)F)ccn1. The van der Waals surface area contributed by atoms with Gasteiger partial charge in [-0.05, 0) is 37.1 Å². The molecule has 2 N–H and O–H groups in total. The van der Waals surface area contributed by atoms with Crippen molar-refractivity contribution in [3.05, 3.63) is 53.9 Å². The zero-order valence-electron chi connectivity index (χ0n) is 13.8. The smallest absolute Gasteiger partial charge is 0.376 e. The van der Waals surface area contributed by atoms with Crippen LogP contribution in [0, 0.1) is 0 Å². The Morgan fingerprint density at radius 3 is 2.81 bits per heavy atom. The molecule has 1 aliphatic heterocycles. The molecule has 0 saturated carbocycles. The second-order valence-corrected chi connectivity index (χ2v) is 5.94. The van der Waals surface area contributed by atoms with E-state index in [-0.39, 0.29) is 17.5 Å². The van der Waals surface area contributed by atoms with Crippen molar-refractivity contribution in [1.29, 1.82) is 0 Å². The first-order valence-electron chi connectivity index (χ1n) is 8.22. The number of anilines is 2. The van der Waals surface area contributed by atoms with Crippen molar-refractivity contribution in [2.24, 2.45) is 0 Å². The third-order valence-corrected chi connectivity index (χ3v) is 4.02. The highest BCUT2D eigenvalue weighted by Gasteiger charge is 2.33. The topological polar surface area (TPSA) is 63.2 Å². The fraction of sp³-hybridized carbons (Fsp3) is 0.333. The van der Waals surface area contributed by atoms with E-state index in [2.05, 4.69) is 15.6 Å². The number of carbonyl (C=O) groups excluding carboxylic acids is 1. The molecule has 1 unspecified atom stereocenters. The summed E-state index contributed by atoms with van der Waals surface area (Å²) in [5, 5.41) is 5.44. The van der Waals surface area contributed by atoms with E-state index in [1.807, 2.05) is 0 Å². The van der Waals surface area contributed by atoms with Crippen LogP contribution < -0.4 is 10.6 Å². The highest BCUT2D eigenvalue weighted by atomic mass is 19.4. The fourth-order valence-electron chi connectivity index (χ4n) is 2.73.